The van der Waals surface area contributed by atoms with E-state index in [9.17, 15) is 20.1 Å². The van der Waals surface area contributed by atoms with Gasteiger partial charge in [0.2, 0.25) is 0 Å². The first-order chi connectivity index (χ1) is 8.21. The van der Waals surface area contributed by atoms with Crippen molar-refractivity contribution in [1.82, 2.24) is 0 Å². The van der Waals surface area contributed by atoms with Crippen molar-refractivity contribution in [2.24, 2.45) is 11.1 Å². The summed E-state index contributed by atoms with van der Waals surface area (Å²) in [4.78, 5) is 11.6. The highest BCUT2D eigenvalue weighted by molar-refractivity contribution is 5.77. The summed E-state index contributed by atoms with van der Waals surface area (Å²) in [5.74, 6) is -1.62. The molecular weight excluding hydrogens is 238 g/mol. The minimum Gasteiger partial charge on any atom is -0.508 e. The third-order valence-electron chi connectivity index (χ3n) is 2.92. The predicted octanol–water partition coefficient (Wildman–Crippen LogP) is 1.00. The van der Waals surface area contributed by atoms with E-state index in [1.807, 2.05) is 0 Å². The monoisotopic (exact) mass is 255 g/mol. The lowest BCUT2D eigenvalue weighted by Crippen LogP contribution is -2.37. The Morgan fingerprint density at radius 2 is 1.72 bits per heavy atom. The molecule has 1 aromatic carbocycles. The maximum atomic E-state index is 11.6. The van der Waals surface area contributed by atoms with Crippen molar-refractivity contribution in [3.63, 3.8) is 0 Å². The normalized spacial score (nSPS) is 13.1. The molecule has 0 unspecified atom stereocenters. The van der Waals surface area contributed by atoms with Crippen molar-refractivity contribution in [3.05, 3.63) is 17.7 Å². The number of hydrogen-bond donors (Lipinski definition) is 4. The van der Waals surface area contributed by atoms with Crippen LogP contribution >= 0.6 is 0 Å². The maximum absolute atomic E-state index is 11.6. The van der Waals surface area contributed by atoms with Gasteiger partial charge in [0, 0.05) is 12.1 Å². The number of hydrogen-bond acceptors (Lipinski definition) is 6. The van der Waals surface area contributed by atoms with Gasteiger partial charge in [-0.15, -0.1) is 0 Å². The number of carbonyl (C=O) groups excluding carboxylic acids is 1. The van der Waals surface area contributed by atoms with E-state index < -0.39 is 17.4 Å². The molecule has 18 heavy (non-hydrogen) atoms. The van der Waals surface area contributed by atoms with E-state index in [-0.39, 0.29) is 22.8 Å². The van der Waals surface area contributed by atoms with Crippen LogP contribution in [0.15, 0.2) is 12.1 Å². The minimum atomic E-state index is -1.14. The summed E-state index contributed by atoms with van der Waals surface area (Å²) in [5.41, 5.74) is 4.75. The van der Waals surface area contributed by atoms with Crippen LogP contribution in [0, 0.1) is 5.41 Å². The number of esters is 1. The Morgan fingerprint density at radius 3 is 2.11 bits per heavy atom. The Kier molecular flexibility index (Phi) is 3.71. The second-order valence-corrected chi connectivity index (χ2v) is 4.59. The first kappa shape index (κ1) is 14.1. The van der Waals surface area contributed by atoms with Gasteiger partial charge in [-0.25, -0.2) is 0 Å². The fourth-order valence-electron chi connectivity index (χ4n) is 1.68. The Balaban J connectivity index is 3.27. The fraction of sp³-hybridized carbons (Fsp3) is 0.417. The van der Waals surface area contributed by atoms with Crippen LogP contribution in [0.3, 0.4) is 0 Å². The summed E-state index contributed by atoms with van der Waals surface area (Å²) in [6.07, 6.45) is 0. The number of phenolic OH excluding ortho intramolecular Hbond substituents is 3. The molecule has 1 aromatic rings. The van der Waals surface area contributed by atoms with Crippen LogP contribution in [-0.4, -0.2) is 28.4 Å². The smallest absolute Gasteiger partial charge is 0.313 e. The van der Waals surface area contributed by atoms with Crippen LogP contribution in [0.2, 0.25) is 0 Å². The first-order valence-electron chi connectivity index (χ1n) is 5.30. The second-order valence-electron chi connectivity index (χ2n) is 4.59. The first-order valence-corrected chi connectivity index (χ1v) is 5.30. The van der Waals surface area contributed by atoms with Crippen LogP contribution < -0.4 is 5.73 Å². The zero-order valence-electron chi connectivity index (χ0n) is 10.5. The van der Waals surface area contributed by atoms with Crippen molar-refractivity contribution in [1.29, 1.82) is 0 Å². The van der Waals surface area contributed by atoms with Crippen LogP contribution in [0.1, 0.15) is 25.5 Å². The fourth-order valence-corrected chi connectivity index (χ4v) is 1.68. The average Bonchev–Trinajstić information content (AvgIpc) is 2.26. The van der Waals surface area contributed by atoms with E-state index in [4.69, 9.17) is 5.73 Å². The number of ether oxygens (including phenoxy) is 1. The van der Waals surface area contributed by atoms with Gasteiger partial charge in [-0.1, -0.05) is 0 Å². The molecule has 0 aliphatic rings. The van der Waals surface area contributed by atoms with Gasteiger partial charge in [-0.3, -0.25) is 4.79 Å². The highest BCUT2D eigenvalue weighted by Crippen LogP contribution is 2.42. The molecule has 6 heteroatoms. The molecule has 0 amide bonds. The standard InChI is InChI=1S/C12H17NO5/c1-12(2,11(17)18-3)10(13)9-7(15)4-6(14)5-8(9)16/h4-5,10,14-16H,13H2,1-3H3/t10-/m1/s1. The number of benzene rings is 1. The van der Waals surface area contributed by atoms with Gasteiger partial charge in [0.25, 0.3) is 0 Å². The molecule has 0 saturated carbocycles. The highest BCUT2D eigenvalue weighted by Gasteiger charge is 2.39. The van der Waals surface area contributed by atoms with Gasteiger partial charge in [-0.05, 0) is 13.8 Å². The van der Waals surface area contributed by atoms with E-state index in [2.05, 4.69) is 4.74 Å². The molecule has 5 N–H and O–H groups in total. The molecule has 0 radical (unpaired) electrons. The Hall–Kier alpha value is -1.95. The topological polar surface area (TPSA) is 113 Å². The molecule has 0 aliphatic carbocycles. The highest BCUT2D eigenvalue weighted by atomic mass is 16.5. The van der Waals surface area contributed by atoms with Crippen LogP contribution in [-0.2, 0) is 9.53 Å². The Bertz CT molecular complexity index is 447. The summed E-state index contributed by atoms with van der Waals surface area (Å²) < 4.78 is 4.63. The molecule has 0 aliphatic heterocycles. The van der Waals surface area contributed by atoms with Crippen LogP contribution in [0.4, 0.5) is 0 Å². The third kappa shape index (κ3) is 2.33. The molecule has 0 fully saturated rings. The number of rotatable bonds is 3. The number of phenols is 3. The molecule has 100 valence electrons. The van der Waals surface area contributed by atoms with E-state index >= 15 is 0 Å². The molecule has 6 nitrogen and oxygen atoms in total. The van der Waals surface area contributed by atoms with Gasteiger partial charge >= 0.3 is 5.97 Å². The zero-order valence-corrected chi connectivity index (χ0v) is 10.5. The Morgan fingerprint density at radius 1 is 1.28 bits per heavy atom. The van der Waals surface area contributed by atoms with Crippen molar-refractivity contribution in [2.45, 2.75) is 19.9 Å². The second kappa shape index (κ2) is 4.73. The lowest BCUT2D eigenvalue weighted by Gasteiger charge is -2.29. The molecule has 1 atom stereocenters. The van der Waals surface area contributed by atoms with Gasteiger partial charge in [-0.2, -0.15) is 0 Å². The van der Waals surface area contributed by atoms with Crippen LogP contribution in [0.5, 0.6) is 17.2 Å². The molecule has 0 aromatic heterocycles. The number of aromatic hydroxyl groups is 3. The van der Waals surface area contributed by atoms with E-state index in [1.165, 1.54) is 21.0 Å². The molecule has 0 spiro atoms. The van der Waals surface area contributed by atoms with Gasteiger partial charge in [0.15, 0.2) is 0 Å². The van der Waals surface area contributed by atoms with Gasteiger partial charge in [0.1, 0.15) is 17.2 Å². The lowest BCUT2D eigenvalue weighted by atomic mass is 9.80. The largest absolute Gasteiger partial charge is 0.508 e. The molecule has 0 bridgehead atoms. The summed E-state index contributed by atoms with van der Waals surface area (Å²) in [6, 6.07) is 1.11. The molecule has 0 heterocycles. The molecule has 1 rings (SSSR count). The van der Waals surface area contributed by atoms with Crippen molar-refractivity contribution in [2.75, 3.05) is 7.11 Å². The SMILES string of the molecule is COC(=O)C(C)(C)[C@H](N)c1c(O)cc(O)cc1O. The van der Waals surface area contributed by atoms with Gasteiger partial charge < -0.3 is 25.8 Å². The Labute approximate surface area is 105 Å². The zero-order chi connectivity index (χ0) is 14.1. The summed E-state index contributed by atoms with van der Waals surface area (Å²) >= 11 is 0. The third-order valence-corrected chi connectivity index (χ3v) is 2.92. The minimum absolute atomic E-state index is 0.0109. The van der Waals surface area contributed by atoms with Crippen molar-refractivity contribution in [3.8, 4) is 17.2 Å². The molecular formula is C12H17NO5. The summed E-state index contributed by atoms with van der Waals surface area (Å²) in [7, 11) is 1.23. The van der Waals surface area contributed by atoms with Crippen molar-refractivity contribution >= 4 is 5.97 Å². The van der Waals surface area contributed by atoms with E-state index in [0.717, 1.165) is 12.1 Å². The number of methoxy groups -OCH3 is 1. The van der Waals surface area contributed by atoms with Crippen LogP contribution in [0.25, 0.3) is 0 Å². The summed E-state index contributed by atoms with van der Waals surface area (Å²) in [6.45, 7) is 3.07. The molecule has 0 saturated heterocycles. The van der Waals surface area contributed by atoms with Gasteiger partial charge in [0.05, 0.1) is 24.1 Å². The van der Waals surface area contributed by atoms with E-state index in [1.54, 1.807) is 0 Å². The van der Waals surface area contributed by atoms with E-state index in [0.29, 0.717) is 0 Å². The quantitative estimate of drug-likeness (QED) is 0.599. The average molecular weight is 255 g/mol. The lowest BCUT2D eigenvalue weighted by molar-refractivity contribution is -0.152. The van der Waals surface area contributed by atoms with Crippen molar-refractivity contribution < 1.29 is 24.9 Å². The maximum Gasteiger partial charge on any atom is 0.313 e. The summed E-state index contributed by atoms with van der Waals surface area (Å²) in [5, 5.41) is 28.6. The number of carbonyl (C=O) groups is 1. The number of nitrogens with two attached hydrogens (primary N) is 1. The predicted molar refractivity (Wildman–Crippen MR) is 64.2 cm³/mol.